The number of likely N-dealkylation sites (tertiary alicyclic amines) is 1. The van der Waals surface area contributed by atoms with E-state index in [0.717, 1.165) is 40.4 Å². The number of benzene rings is 2. The third-order valence-corrected chi connectivity index (χ3v) is 10.4. The van der Waals surface area contributed by atoms with E-state index in [4.69, 9.17) is 21.7 Å². The smallest absolute Gasteiger partial charge is 0.321 e. The van der Waals surface area contributed by atoms with Crippen molar-refractivity contribution in [1.29, 1.82) is 0 Å². The summed E-state index contributed by atoms with van der Waals surface area (Å²) in [6.45, 7) is 3.91. The van der Waals surface area contributed by atoms with E-state index in [0.29, 0.717) is 17.7 Å². The molecule has 8 N–H and O–H groups in total. The molecule has 0 saturated carbocycles. The van der Waals surface area contributed by atoms with Crippen LogP contribution in [-0.4, -0.2) is 121 Å². The highest BCUT2D eigenvalue weighted by atomic mass is 32.2. The lowest BCUT2D eigenvalue weighted by Gasteiger charge is -2.40. The Balaban J connectivity index is 1.40. The Bertz CT molecular complexity index is 1940. The summed E-state index contributed by atoms with van der Waals surface area (Å²) in [5, 5.41) is 27.9. The molecule has 0 bridgehead atoms. The van der Waals surface area contributed by atoms with Crippen molar-refractivity contribution in [3.8, 4) is 5.69 Å². The zero-order chi connectivity index (χ0) is 42.0. The largest absolute Gasteiger partial charge is 0.480 e. The average Bonchev–Trinajstić information content (AvgIpc) is 3.68. The second-order valence-corrected chi connectivity index (χ2v) is 15.8. The van der Waals surface area contributed by atoms with Crippen LogP contribution < -0.4 is 22.1 Å². The van der Waals surface area contributed by atoms with Gasteiger partial charge in [-0.1, -0.05) is 51.1 Å². The number of hydrogen-bond acceptors (Lipinski definition) is 11. The first-order valence-electron chi connectivity index (χ1n) is 18.1. The van der Waals surface area contributed by atoms with E-state index in [2.05, 4.69) is 10.6 Å². The van der Waals surface area contributed by atoms with Crippen molar-refractivity contribution in [1.82, 2.24) is 30.2 Å². The van der Waals surface area contributed by atoms with E-state index in [1.807, 2.05) is 51.1 Å². The minimum atomic E-state index is -1.24. The van der Waals surface area contributed by atoms with Gasteiger partial charge in [-0.25, -0.2) is 13.5 Å². The van der Waals surface area contributed by atoms with Gasteiger partial charge in [0.05, 0.1) is 23.0 Å². The predicted octanol–water partition coefficient (Wildman–Crippen LogP) is 0.872. The number of carboxylic acid groups (broad SMARTS) is 1. The number of carbonyl (C=O) groups is 6. The zero-order valence-electron chi connectivity index (χ0n) is 31.8. The van der Waals surface area contributed by atoms with Gasteiger partial charge in [-0.05, 0) is 29.5 Å². The Kier molecular flexibility index (Phi) is 15.4. The van der Waals surface area contributed by atoms with Gasteiger partial charge in [-0.2, -0.15) is 5.10 Å². The molecule has 2 aromatic carbocycles. The van der Waals surface area contributed by atoms with Gasteiger partial charge in [0.25, 0.3) is 0 Å². The summed E-state index contributed by atoms with van der Waals surface area (Å²) in [5.74, 6) is -5.87. The van der Waals surface area contributed by atoms with Crippen molar-refractivity contribution >= 4 is 47.3 Å². The van der Waals surface area contributed by atoms with Gasteiger partial charge in [0.15, 0.2) is 0 Å². The van der Waals surface area contributed by atoms with Crippen LogP contribution in [0.3, 0.4) is 0 Å². The molecule has 16 nitrogen and oxygen atoms in total. The summed E-state index contributed by atoms with van der Waals surface area (Å²) in [7, 11) is 0. The lowest BCUT2D eigenvalue weighted by molar-refractivity contribution is -0.142. The number of aliphatic carboxylic acids is 1. The van der Waals surface area contributed by atoms with Crippen LogP contribution in [0.15, 0.2) is 54.7 Å². The number of rotatable bonds is 19. The number of aliphatic hydroxyl groups is 1. The molecule has 2 heterocycles. The maximum Gasteiger partial charge on any atom is 0.321 e. The van der Waals surface area contributed by atoms with Crippen molar-refractivity contribution in [2.45, 2.75) is 63.4 Å². The molecule has 0 radical (unpaired) electrons. The van der Waals surface area contributed by atoms with E-state index in [1.54, 1.807) is 6.20 Å². The predicted molar refractivity (Wildman–Crippen MR) is 206 cm³/mol. The Labute approximate surface area is 332 Å². The number of aliphatic hydroxyl groups excluding tert-OH is 1. The fourth-order valence-electron chi connectivity index (χ4n) is 6.27. The van der Waals surface area contributed by atoms with Crippen LogP contribution >= 0.6 is 11.8 Å². The van der Waals surface area contributed by atoms with Gasteiger partial charge >= 0.3 is 5.97 Å². The normalized spacial score (nSPS) is 15.9. The number of nitrogens with zero attached hydrogens (tertiary/aromatic N) is 4. The minimum absolute atomic E-state index is 0.0561. The first-order chi connectivity index (χ1) is 26.9. The highest BCUT2D eigenvalue weighted by Gasteiger charge is 2.41. The first-order valence-corrected chi connectivity index (χ1v) is 19.2. The summed E-state index contributed by atoms with van der Waals surface area (Å²) in [6, 6.07) is 9.18. The SMILES string of the molecule is CC(C)(C)[C@H](c1nn(-c2cc(F)ccc2F)cc1Cc1ccccc1)N(CC[C@H](N)C(=O)NCCNC(=O)CN1C(=O)CC(SC[C@H](N)C(=O)O)C1=O)C(=O)CO. The molecule has 1 unspecified atom stereocenters. The number of carboxylic acids is 1. The standard InChI is InChI=1S/C38H48F2N8O8S/c1-38(2,3)34(33-23(15-22-7-5-4-6-8-22)18-48(45-33)28-16-24(39)9-10-25(28)40)46(32(52)20-49)14-11-26(41)35(53)44-13-12-43-30(50)19-47-31(51)17-29(36(47)54)57-21-27(42)37(55)56/h4-10,16,18,26-27,29,34,49H,11-15,17,19-21,41-42H2,1-3H3,(H,43,50)(H,44,53)(H,55,56)/t26-,27-,29?,34-/m0/s1. The summed E-state index contributed by atoms with van der Waals surface area (Å²) >= 11 is 0.931. The van der Waals surface area contributed by atoms with Crippen molar-refractivity contribution in [3.05, 3.63) is 83.2 Å². The fraction of sp³-hybridized carbons (Fsp3) is 0.447. The number of imide groups is 1. The van der Waals surface area contributed by atoms with Crippen LogP contribution in [0, 0.1) is 17.0 Å². The van der Waals surface area contributed by atoms with Crippen LogP contribution in [-0.2, 0) is 35.2 Å². The van der Waals surface area contributed by atoms with Crippen molar-refractivity contribution in [2.75, 3.05) is 38.5 Å². The second kappa shape index (κ2) is 19.8. The summed E-state index contributed by atoms with van der Waals surface area (Å²) < 4.78 is 30.5. The van der Waals surface area contributed by atoms with Gasteiger partial charge in [0.2, 0.25) is 29.5 Å². The summed E-state index contributed by atoms with van der Waals surface area (Å²) in [5.41, 5.74) is 12.7. The molecule has 0 aliphatic carbocycles. The third-order valence-electron chi connectivity index (χ3n) is 9.12. The van der Waals surface area contributed by atoms with Crippen LogP contribution in [0.4, 0.5) is 8.78 Å². The Morgan fingerprint density at radius 2 is 1.72 bits per heavy atom. The number of nitrogens with one attached hydrogen (secondary N) is 2. The van der Waals surface area contributed by atoms with Crippen LogP contribution in [0.5, 0.6) is 0 Å². The Hall–Kier alpha value is -5.24. The molecular formula is C38H48F2N8O8S. The van der Waals surface area contributed by atoms with E-state index in [-0.39, 0.29) is 43.9 Å². The van der Waals surface area contributed by atoms with E-state index in [1.165, 1.54) is 9.58 Å². The van der Waals surface area contributed by atoms with Crippen molar-refractivity contribution < 1.29 is 47.8 Å². The van der Waals surface area contributed by atoms with E-state index in [9.17, 15) is 42.7 Å². The molecule has 57 heavy (non-hydrogen) atoms. The number of carbonyl (C=O) groups excluding carboxylic acids is 5. The third kappa shape index (κ3) is 11.9. The molecule has 4 atom stereocenters. The number of aromatic nitrogens is 2. The number of thioether (sulfide) groups is 1. The van der Waals surface area contributed by atoms with Crippen LogP contribution in [0.25, 0.3) is 5.69 Å². The number of nitrogens with two attached hydrogens (primary N) is 2. The highest BCUT2D eigenvalue weighted by Crippen LogP contribution is 2.40. The van der Waals surface area contributed by atoms with Crippen LogP contribution in [0.1, 0.15) is 56.5 Å². The highest BCUT2D eigenvalue weighted by molar-refractivity contribution is 8.00. The lowest BCUT2D eigenvalue weighted by atomic mass is 9.81. The molecule has 1 aromatic heterocycles. The minimum Gasteiger partial charge on any atom is -0.480 e. The fourth-order valence-corrected chi connectivity index (χ4v) is 7.38. The molecular weight excluding hydrogens is 767 g/mol. The zero-order valence-corrected chi connectivity index (χ0v) is 32.6. The topological polar surface area (TPSA) is 243 Å². The number of amides is 5. The molecule has 0 spiro atoms. The van der Waals surface area contributed by atoms with Gasteiger partial charge in [0, 0.05) is 56.1 Å². The molecule has 19 heteroatoms. The molecule has 1 saturated heterocycles. The number of hydrogen-bond donors (Lipinski definition) is 6. The van der Waals surface area contributed by atoms with E-state index >= 15 is 0 Å². The molecule has 1 aliphatic rings. The van der Waals surface area contributed by atoms with Gasteiger partial charge in [-0.3, -0.25) is 33.7 Å². The molecule has 1 fully saturated rings. The van der Waals surface area contributed by atoms with Crippen molar-refractivity contribution in [2.24, 2.45) is 16.9 Å². The van der Waals surface area contributed by atoms with Gasteiger partial charge in [0.1, 0.15) is 36.5 Å². The maximum atomic E-state index is 15.0. The second-order valence-electron chi connectivity index (χ2n) is 14.6. The molecule has 3 aromatic rings. The molecule has 4 rings (SSSR count). The number of halogens is 2. The average molecular weight is 815 g/mol. The van der Waals surface area contributed by atoms with Gasteiger partial charge < -0.3 is 37.2 Å². The van der Waals surface area contributed by atoms with E-state index < -0.39 is 89.1 Å². The molecule has 5 amide bonds. The molecule has 308 valence electrons. The van der Waals surface area contributed by atoms with Crippen molar-refractivity contribution in [3.63, 3.8) is 0 Å². The lowest BCUT2D eigenvalue weighted by Crippen LogP contribution is -2.48. The monoisotopic (exact) mass is 814 g/mol. The molecule has 1 aliphatic heterocycles. The first kappa shape index (κ1) is 44.5. The quantitative estimate of drug-likeness (QED) is 0.0730. The maximum absolute atomic E-state index is 15.0. The van der Waals surface area contributed by atoms with Crippen LogP contribution in [0.2, 0.25) is 0 Å². The summed E-state index contributed by atoms with van der Waals surface area (Å²) in [6.07, 6.45) is 1.66. The summed E-state index contributed by atoms with van der Waals surface area (Å²) in [4.78, 5) is 77.0. The Morgan fingerprint density at radius 3 is 2.37 bits per heavy atom. The Morgan fingerprint density at radius 1 is 1.04 bits per heavy atom. The van der Waals surface area contributed by atoms with Gasteiger partial charge in [-0.15, -0.1) is 11.8 Å².